The number of para-hydroxylation sites is 1. The molecule has 0 fully saturated rings. The van der Waals surface area contributed by atoms with E-state index in [0.717, 1.165) is 47.3 Å². The van der Waals surface area contributed by atoms with Crippen LogP contribution in [0.25, 0.3) is 26.6 Å². The first kappa shape index (κ1) is 18.4. The third-order valence-electron chi connectivity index (χ3n) is 4.57. The predicted molar refractivity (Wildman–Crippen MR) is 117 cm³/mol. The Kier molecular flexibility index (Phi) is 5.48. The number of hydrogen-bond donors (Lipinski definition) is 1. The lowest BCUT2D eigenvalue weighted by Crippen LogP contribution is -2.17. The number of hydrogen-bond acceptors (Lipinski definition) is 4. The third-order valence-corrected chi connectivity index (χ3v) is 5.60. The lowest BCUT2D eigenvalue weighted by molar-refractivity contribution is 0.729. The predicted octanol–water partition coefficient (Wildman–Crippen LogP) is 5.05. The SMILES string of the molecule is CCCCCN=Cc1c(-c2ccccc2)[nH]n(-c2nc3ccccc3s2)c1=O. The van der Waals surface area contributed by atoms with E-state index in [0.29, 0.717) is 10.7 Å². The van der Waals surface area contributed by atoms with Gasteiger partial charge in [0.25, 0.3) is 5.56 Å². The molecule has 2 aromatic carbocycles. The molecule has 0 aliphatic carbocycles. The van der Waals surface area contributed by atoms with E-state index in [9.17, 15) is 4.79 Å². The van der Waals surface area contributed by atoms with Gasteiger partial charge in [-0.25, -0.2) is 4.98 Å². The summed E-state index contributed by atoms with van der Waals surface area (Å²) in [5.41, 5.74) is 3.05. The van der Waals surface area contributed by atoms with E-state index in [1.807, 2.05) is 54.6 Å². The highest BCUT2D eigenvalue weighted by Gasteiger charge is 2.17. The van der Waals surface area contributed by atoms with E-state index in [2.05, 4.69) is 22.0 Å². The maximum absolute atomic E-state index is 13.2. The van der Waals surface area contributed by atoms with E-state index in [1.54, 1.807) is 6.21 Å². The van der Waals surface area contributed by atoms with Crippen molar-refractivity contribution < 1.29 is 0 Å². The van der Waals surface area contributed by atoms with Crippen molar-refractivity contribution in [1.82, 2.24) is 14.8 Å². The highest BCUT2D eigenvalue weighted by Crippen LogP contribution is 2.25. The Bertz CT molecular complexity index is 1120. The second kappa shape index (κ2) is 8.35. The number of rotatable bonds is 7. The summed E-state index contributed by atoms with van der Waals surface area (Å²) in [6.07, 6.45) is 5.04. The van der Waals surface area contributed by atoms with Gasteiger partial charge < -0.3 is 0 Å². The van der Waals surface area contributed by atoms with Gasteiger partial charge in [-0.2, -0.15) is 4.68 Å². The normalized spacial score (nSPS) is 11.6. The van der Waals surface area contributed by atoms with Crippen LogP contribution in [0.5, 0.6) is 0 Å². The molecule has 0 aliphatic heterocycles. The molecule has 2 heterocycles. The summed E-state index contributed by atoms with van der Waals surface area (Å²) in [6.45, 7) is 2.90. The Morgan fingerprint density at radius 3 is 2.68 bits per heavy atom. The van der Waals surface area contributed by atoms with Gasteiger partial charge >= 0.3 is 0 Å². The first-order chi connectivity index (χ1) is 13.8. The summed E-state index contributed by atoms with van der Waals surface area (Å²) >= 11 is 1.49. The number of unbranched alkanes of at least 4 members (excludes halogenated alkanes) is 2. The van der Waals surface area contributed by atoms with Crippen molar-refractivity contribution in [2.75, 3.05) is 6.54 Å². The van der Waals surface area contributed by atoms with E-state index < -0.39 is 0 Å². The largest absolute Gasteiger partial charge is 0.292 e. The molecule has 28 heavy (non-hydrogen) atoms. The van der Waals surface area contributed by atoms with Gasteiger partial charge in [-0.05, 0) is 18.6 Å². The molecule has 2 aromatic heterocycles. The Hall–Kier alpha value is -2.99. The number of H-pyrrole nitrogens is 1. The van der Waals surface area contributed by atoms with E-state index in [4.69, 9.17) is 0 Å². The van der Waals surface area contributed by atoms with Gasteiger partial charge in [-0.1, -0.05) is 73.6 Å². The van der Waals surface area contributed by atoms with Crippen molar-refractivity contribution in [3.8, 4) is 16.4 Å². The fourth-order valence-corrected chi connectivity index (χ4v) is 4.02. The molecule has 0 bridgehead atoms. The second-order valence-electron chi connectivity index (χ2n) is 6.61. The summed E-state index contributed by atoms with van der Waals surface area (Å²) in [6, 6.07) is 17.8. The zero-order chi connectivity index (χ0) is 19.3. The van der Waals surface area contributed by atoms with Crippen molar-refractivity contribution >= 4 is 27.8 Å². The molecule has 0 aliphatic rings. The minimum atomic E-state index is -0.128. The Morgan fingerprint density at radius 2 is 1.89 bits per heavy atom. The minimum Gasteiger partial charge on any atom is -0.292 e. The Morgan fingerprint density at radius 1 is 1.11 bits per heavy atom. The van der Waals surface area contributed by atoms with E-state index >= 15 is 0 Å². The fraction of sp³-hybridized carbons (Fsp3) is 0.227. The van der Waals surface area contributed by atoms with Crippen molar-refractivity contribution in [2.45, 2.75) is 26.2 Å². The monoisotopic (exact) mass is 390 g/mol. The van der Waals surface area contributed by atoms with Gasteiger partial charge in [-0.15, -0.1) is 0 Å². The Balaban J connectivity index is 1.78. The molecule has 4 aromatic rings. The van der Waals surface area contributed by atoms with Crippen LogP contribution in [0.2, 0.25) is 0 Å². The first-order valence-electron chi connectivity index (χ1n) is 9.54. The quantitative estimate of drug-likeness (QED) is 0.354. The summed E-state index contributed by atoms with van der Waals surface area (Å²) < 4.78 is 2.58. The summed E-state index contributed by atoms with van der Waals surface area (Å²) in [7, 11) is 0. The average molecular weight is 391 g/mol. The van der Waals surface area contributed by atoms with Crippen LogP contribution >= 0.6 is 11.3 Å². The number of aromatic amines is 1. The molecule has 0 saturated heterocycles. The first-order valence-corrected chi connectivity index (χ1v) is 10.4. The van der Waals surface area contributed by atoms with Crippen LogP contribution in [-0.2, 0) is 0 Å². The van der Waals surface area contributed by atoms with Gasteiger partial charge in [0.2, 0.25) is 5.13 Å². The van der Waals surface area contributed by atoms with Crippen LogP contribution in [0.3, 0.4) is 0 Å². The topological polar surface area (TPSA) is 63.0 Å². The Labute approximate surface area is 167 Å². The molecule has 0 atom stereocenters. The number of thiazole rings is 1. The maximum Gasteiger partial charge on any atom is 0.282 e. The lowest BCUT2D eigenvalue weighted by atomic mass is 10.1. The summed E-state index contributed by atoms with van der Waals surface area (Å²) in [5, 5.41) is 3.89. The molecule has 142 valence electrons. The van der Waals surface area contributed by atoms with Crippen LogP contribution in [0.15, 0.2) is 64.4 Å². The molecule has 0 saturated carbocycles. The molecular formula is C22H22N4OS. The molecule has 6 heteroatoms. The van der Waals surface area contributed by atoms with Gasteiger partial charge in [-0.3, -0.25) is 14.9 Å². The van der Waals surface area contributed by atoms with Crippen molar-refractivity contribution in [3.05, 3.63) is 70.5 Å². The van der Waals surface area contributed by atoms with Gasteiger partial charge in [0.1, 0.15) is 0 Å². The smallest absolute Gasteiger partial charge is 0.282 e. The van der Waals surface area contributed by atoms with Crippen LogP contribution in [0.4, 0.5) is 0 Å². The van der Waals surface area contributed by atoms with E-state index in [-0.39, 0.29) is 5.56 Å². The van der Waals surface area contributed by atoms with Crippen LogP contribution in [-0.4, -0.2) is 27.5 Å². The van der Waals surface area contributed by atoms with Crippen LogP contribution < -0.4 is 5.56 Å². The fourth-order valence-electron chi connectivity index (χ4n) is 3.09. The number of nitrogens with one attached hydrogen (secondary N) is 1. The lowest BCUT2D eigenvalue weighted by Gasteiger charge is -1.99. The molecule has 0 amide bonds. The zero-order valence-electron chi connectivity index (χ0n) is 15.8. The number of fused-ring (bicyclic) bond motifs is 1. The minimum absolute atomic E-state index is 0.128. The summed E-state index contributed by atoms with van der Waals surface area (Å²) in [4.78, 5) is 22.3. The van der Waals surface area contributed by atoms with Crippen molar-refractivity contribution in [2.24, 2.45) is 4.99 Å². The molecule has 4 rings (SSSR count). The van der Waals surface area contributed by atoms with Gasteiger partial charge in [0.15, 0.2) is 0 Å². The van der Waals surface area contributed by atoms with Crippen molar-refractivity contribution in [3.63, 3.8) is 0 Å². The average Bonchev–Trinajstić information content (AvgIpc) is 3.30. The molecule has 1 N–H and O–H groups in total. The highest BCUT2D eigenvalue weighted by atomic mass is 32.1. The van der Waals surface area contributed by atoms with E-state index in [1.165, 1.54) is 16.0 Å². The standard InChI is InChI=1S/C22H22N4OS/c1-2-3-9-14-23-15-17-20(16-10-5-4-6-11-16)25-26(21(17)27)22-24-18-12-7-8-13-19(18)28-22/h4-8,10-13,15,25H,2-3,9,14H2,1H3. The molecule has 0 spiro atoms. The second-order valence-corrected chi connectivity index (χ2v) is 7.62. The number of benzene rings is 2. The number of aromatic nitrogens is 3. The summed E-state index contributed by atoms with van der Waals surface area (Å²) in [5.74, 6) is 0. The molecule has 5 nitrogen and oxygen atoms in total. The van der Waals surface area contributed by atoms with Gasteiger partial charge in [0, 0.05) is 18.3 Å². The number of nitrogens with zero attached hydrogens (tertiary/aromatic N) is 3. The highest BCUT2D eigenvalue weighted by molar-refractivity contribution is 7.20. The van der Waals surface area contributed by atoms with Gasteiger partial charge in [0.05, 0.1) is 21.5 Å². The molecule has 0 radical (unpaired) electrons. The van der Waals surface area contributed by atoms with Crippen LogP contribution in [0, 0.1) is 0 Å². The maximum atomic E-state index is 13.2. The number of aliphatic imine (C=N–C) groups is 1. The zero-order valence-corrected chi connectivity index (χ0v) is 16.6. The van der Waals surface area contributed by atoms with Crippen molar-refractivity contribution in [1.29, 1.82) is 0 Å². The van der Waals surface area contributed by atoms with Crippen LogP contribution in [0.1, 0.15) is 31.7 Å². The third kappa shape index (κ3) is 3.68. The molecule has 0 unspecified atom stereocenters. The molecular weight excluding hydrogens is 368 g/mol.